The number of hydrogen-bond donors (Lipinski definition) is 3. The second kappa shape index (κ2) is 7.83. The quantitative estimate of drug-likeness (QED) is 0.717. The summed E-state index contributed by atoms with van der Waals surface area (Å²) in [7, 11) is 0. The molecule has 0 aliphatic heterocycles. The number of hydrogen-bond acceptors (Lipinski definition) is 4. The fourth-order valence-corrected chi connectivity index (χ4v) is 1.58. The third-order valence-corrected chi connectivity index (χ3v) is 2.61. The van der Waals surface area contributed by atoms with Gasteiger partial charge in [0.1, 0.15) is 6.54 Å². The summed E-state index contributed by atoms with van der Waals surface area (Å²) in [6, 6.07) is 0.806. The number of carbonyl (C=O) groups is 3. The van der Waals surface area contributed by atoms with Gasteiger partial charge in [-0.2, -0.15) is 0 Å². The second-order valence-electron chi connectivity index (χ2n) is 4.17. The van der Waals surface area contributed by atoms with Gasteiger partial charge in [0.2, 0.25) is 5.91 Å². The first-order chi connectivity index (χ1) is 9.97. The van der Waals surface area contributed by atoms with E-state index >= 15 is 0 Å². The summed E-state index contributed by atoms with van der Waals surface area (Å²) in [5, 5.41) is 14.0. The summed E-state index contributed by atoms with van der Waals surface area (Å²) in [6.07, 6.45) is 2.52. The largest absolute Gasteiger partial charge is 0.478 e. The molecule has 0 saturated heterocycles. The van der Waals surface area contributed by atoms with Crippen molar-refractivity contribution in [2.75, 3.05) is 25.0 Å². The van der Waals surface area contributed by atoms with Crippen molar-refractivity contribution in [1.82, 2.24) is 15.2 Å². The highest BCUT2D eigenvalue weighted by Gasteiger charge is 2.15. The Bertz CT molecular complexity index is 533. The van der Waals surface area contributed by atoms with Crippen LogP contribution in [0.4, 0.5) is 10.5 Å². The lowest BCUT2D eigenvalue weighted by Gasteiger charge is -2.20. The number of pyridine rings is 1. The Kier molecular flexibility index (Phi) is 6.12. The van der Waals surface area contributed by atoms with Crippen molar-refractivity contribution in [2.24, 2.45) is 0 Å². The van der Waals surface area contributed by atoms with Crippen LogP contribution >= 0.6 is 0 Å². The summed E-state index contributed by atoms with van der Waals surface area (Å²) < 4.78 is 0. The van der Waals surface area contributed by atoms with Crippen LogP contribution in [0.15, 0.2) is 18.5 Å². The van der Waals surface area contributed by atoms with Gasteiger partial charge in [-0.3, -0.25) is 9.78 Å². The average Bonchev–Trinajstić information content (AvgIpc) is 2.45. The van der Waals surface area contributed by atoms with Crippen LogP contribution in [0.1, 0.15) is 24.2 Å². The SMILES string of the molecule is CCNC(=O)CN(CC)C(=O)Nc1cncc(C(=O)O)c1. The topological polar surface area (TPSA) is 112 Å². The normalized spacial score (nSPS) is 9.81. The molecule has 1 aromatic rings. The van der Waals surface area contributed by atoms with Crippen molar-refractivity contribution in [3.63, 3.8) is 0 Å². The van der Waals surface area contributed by atoms with Gasteiger partial charge < -0.3 is 20.6 Å². The first kappa shape index (κ1) is 16.4. The highest BCUT2D eigenvalue weighted by atomic mass is 16.4. The summed E-state index contributed by atoms with van der Waals surface area (Å²) in [6.45, 7) is 4.29. The van der Waals surface area contributed by atoms with Crippen molar-refractivity contribution in [2.45, 2.75) is 13.8 Å². The van der Waals surface area contributed by atoms with E-state index in [0.717, 1.165) is 0 Å². The number of amides is 3. The van der Waals surface area contributed by atoms with Gasteiger partial charge in [-0.15, -0.1) is 0 Å². The number of aromatic carboxylic acids is 1. The molecule has 1 heterocycles. The smallest absolute Gasteiger partial charge is 0.337 e. The lowest BCUT2D eigenvalue weighted by Crippen LogP contribution is -2.42. The monoisotopic (exact) mass is 294 g/mol. The van der Waals surface area contributed by atoms with Crippen molar-refractivity contribution < 1.29 is 19.5 Å². The van der Waals surface area contributed by atoms with Gasteiger partial charge >= 0.3 is 12.0 Å². The van der Waals surface area contributed by atoms with Crippen molar-refractivity contribution >= 4 is 23.6 Å². The van der Waals surface area contributed by atoms with E-state index in [0.29, 0.717) is 13.1 Å². The molecule has 8 heteroatoms. The minimum atomic E-state index is -1.13. The predicted octanol–water partition coefficient (Wildman–Crippen LogP) is 0.770. The Labute approximate surface area is 122 Å². The molecule has 0 fully saturated rings. The lowest BCUT2D eigenvalue weighted by molar-refractivity contribution is -0.121. The Hall–Kier alpha value is -2.64. The van der Waals surface area contributed by atoms with Gasteiger partial charge in [-0.05, 0) is 19.9 Å². The number of urea groups is 1. The van der Waals surface area contributed by atoms with Crippen LogP contribution in [-0.4, -0.2) is 52.5 Å². The minimum Gasteiger partial charge on any atom is -0.478 e. The molecule has 0 aromatic carbocycles. The summed E-state index contributed by atoms with van der Waals surface area (Å²) in [5.41, 5.74) is 0.230. The molecule has 1 aromatic heterocycles. The van der Waals surface area contributed by atoms with Gasteiger partial charge in [0, 0.05) is 19.3 Å². The van der Waals surface area contributed by atoms with Crippen molar-refractivity contribution in [1.29, 1.82) is 0 Å². The number of carbonyl (C=O) groups excluding carboxylic acids is 2. The molecular weight excluding hydrogens is 276 g/mol. The number of anilines is 1. The maximum atomic E-state index is 12.0. The Balaban J connectivity index is 2.71. The lowest BCUT2D eigenvalue weighted by atomic mass is 10.2. The van der Waals surface area contributed by atoms with E-state index in [9.17, 15) is 14.4 Å². The van der Waals surface area contributed by atoms with Crippen LogP contribution < -0.4 is 10.6 Å². The van der Waals surface area contributed by atoms with Gasteiger partial charge in [0.05, 0.1) is 17.4 Å². The number of nitrogens with one attached hydrogen (secondary N) is 2. The number of nitrogens with zero attached hydrogens (tertiary/aromatic N) is 2. The highest BCUT2D eigenvalue weighted by molar-refractivity contribution is 5.94. The van der Waals surface area contributed by atoms with E-state index in [1.54, 1.807) is 13.8 Å². The van der Waals surface area contributed by atoms with E-state index in [1.807, 2.05) is 0 Å². The zero-order chi connectivity index (χ0) is 15.8. The zero-order valence-electron chi connectivity index (χ0n) is 11.9. The van der Waals surface area contributed by atoms with Crippen molar-refractivity contribution in [3.8, 4) is 0 Å². The molecule has 0 saturated carbocycles. The molecule has 0 aliphatic rings. The molecule has 114 valence electrons. The van der Waals surface area contributed by atoms with Gasteiger partial charge in [0.25, 0.3) is 0 Å². The molecule has 1 rings (SSSR count). The van der Waals surface area contributed by atoms with Gasteiger partial charge in [0.15, 0.2) is 0 Å². The standard InChI is InChI=1S/C13H18N4O4/c1-3-15-11(18)8-17(4-2)13(21)16-10-5-9(12(19)20)6-14-7-10/h5-7H,3-4,8H2,1-2H3,(H,15,18)(H,16,21)(H,19,20). The van der Waals surface area contributed by atoms with Crippen LogP contribution in [0.3, 0.4) is 0 Å². The molecule has 0 radical (unpaired) electrons. The molecule has 0 unspecified atom stereocenters. The first-order valence-corrected chi connectivity index (χ1v) is 6.48. The molecule has 0 spiro atoms. The van der Waals surface area contributed by atoms with Gasteiger partial charge in [-0.25, -0.2) is 9.59 Å². The third kappa shape index (κ3) is 5.09. The number of carboxylic acids is 1. The number of rotatable bonds is 6. The fourth-order valence-electron chi connectivity index (χ4n) is 1.58. The summed E-state index contributed by atoms with van der Waals surface area (Å²) >= 11 is 0. The maximum Gasteiger partial charge on any atom is 0.337 e. The number of likely N-dealkylation sites (N-methyl/N-ethyl adjacent to an activating group) is 2. The average molecular weight is 294 g/mol. The minimum absolute atomic E-state index is 0.0282. The zero-order valence-corrected chi connectivity index (χ0v) is 11.9. The van der Waals surface area contributed by atoms with Gasteiger partial charge in [-0.1, -0.05) is 0 Å². The predicted molar refractivity (Wildman–Crippen MR) is 76.1 cm³/mol. The van der Waals surface area contributed by atoms with Crippen LogP contribution in [0.5, 0.6) is 0 Å². The molecule has 21 heavy (non-hydrogen) atoms. The molecule has 0 aliphatic carbocycles. The summed E-state index contributed by atoms with van der Waals surface area (Å²) in [5.74, 6) is -1.39. The highest BCUT2D eigenvalue weighted by Crippen LogP contribution is 2.09. The summed E-state index contributed by atoms with van der Waals surface area (Å²) in [4.78, 5) is 39.4. The first-order valence-electron chi connectivity index (χ1n) is 6.48. The number of carboxylic acid groups (broad SMARTS) is 1. The molecular formula is C13H18N4O4. The molecule has 3 N–H and O–H groups in total. The molecule has 8 nitrogen and oxygen atoms in total. The van der Waals surface area contributed by atoms with E-state index in [4.69, 9.17) is 5.11 Å². The van der Waals surface area contributed by atoms with E-state index < -0.39 is 12.0 Å². The Morgan fingerprint density at radius 2 is 2.00 bits per heavy atom. The second-order valence-corrected chi connectivity index (χ2v) is 4.17. The van der Waals surface area contributed by atoms with E-state index in [-0.39, 0.29) is 23.7 Å². The van der Waals surface area contributed by atoms with E-state index in [2.05, 4.69) is 15.6 Å². The molecule has 3 amide bonds. The maximum absolute atomic E-state index is 12.0. The Morgan fingerprint density at radius 1 is 1.29 bits per heavy atom. The van der Waals surface area contributed by atoms with Crippen LogP contribution in [0.25, 0.3) is 0 Å². The van der Waals surface area contributed by atoms with Crippen LogP contribution in [0.2, 0.25) is 0 Å². The fraction of sp³-hybridized carbons (Fsp3) is 0.385. The molecule has 0 bridgehead atoms. The van der Waals surface area contributed by atoms with Crippen LogP contribution in [-0.2, 0) is 4.79 Å². The van der Waals surface area contributed by atoms with Crippen molar-refractivity contribution in [3.05, 3.63) is 24.0 Å². The van der Waals surface area contributed by atoms with Crippen LogP contribution in [0, 0.1) is 0 Å². The Morgan fingerprint density at radius 3 is 2.57 bits per heavy atom. The number of aromatic nitrogens is 1. The molecule has 0 atom stereocenters. The van der Waals surface area contributed by atoms with E-state index in [1.165, 1.54) is 23.4 Å². The third-order valence-electron chi connectivity index (χ3n) is 2.61.